The van der Waals surface area contributed by atoms with Crippen LogP contribution < -0.4 is 4.74 Å². The van der Waals surface area contributed by atoms with E-state index in [1.807, 2.05) is 17.5 Å². The lowest BCUT2D eigenvalue weighted by molar-refractivity contribution is 0.0464. The SMILES string of the molecule is COc1ccc(O)c(C(=O)OCc2coc(-c3cccs3)n2)c1. The van der Waals surface area contributed by atoms with Crippen molar-refractivity contribution < 1.29 is 23.8 Å². The number of phenolic OH excluding ortho intramolecular Hbond substituents is 1. The number of hydrogen-bond acceptors (Lipinski definition) is 7. The normalized spacial score (nSPS) is 10.5. The Morgan fingerprint density at radius 1 is 1.39 bits per heavy atom. The van der Waals surface area contributed by atoms with Crippen LogP contribution >= 0.6 is 11.3 Å². The highest BCUT2D eigenvalue weighted by Gasteiger charge is 2.15. The lowest BCUT2D eigenvalue weighted by Crippen LogP contribution is -2.06. The van der Waals surface area contributed by atoms with E-state index in [1.165, 1.54) is 36.8 Å². The molecule has 1 aromatic carbocycles. The van der Waals surface area contributed by atoms with Gasteiger partial charge < -0.3 is 19.0 Å². The van der Waals surface area contributed by atoms with E-state index in [-0.39, 0.29) is 17.9 Å². The van der Waals surface area contributed by atoms with Gasteiger partial charge in [0.1, 0.15) is 35.6 Å². The number of nitrogens with zero attached hydrogens (tertiary/aromatic N) is 1. The number of ether oxygens (including phenoxy) is 2. The second kappa shape index (κ2) is 6.53. The molecule has 0 aliphatic rings. The Labute approximate surface area is 135 Å². The number of aromatic hydroxyl groups is 1. The van der Waals surface area contributed by atoms with Crippen LogP contribution in [0.1, 0.15) is 16.1 Å². The molecule has 0 amide bonds. The minimum Gasteiger partial charge on any atom is -0.507 e. The third kappa shape index (κ3) is 3.35. The van der Waals surface area contributed by atoms with Crippen molar-refractivity contribution in [2.24, 2.45) is 0 Å². The zero-order valence-electron chi connectivity index (χ0n) is 12.2. The quantitative estimate of drug-likeness (QED) is 0.721. The Hall–Kier alpha value is -2.80. The average Bonchev–Trinajstić information content (AvgIpc) is 3.24. The molecular formula is C16H13NO5S. The van der Waals surface area contributed by atoms with Crippen molar-refractivity contribution in [3.05, 3.63) is 53.2 Å². The fourth-order valence-corrected chi connectivity index (χ4v) is 2.57. The fraction of sp³-hybridized carbons (Fsp3) is 0.125. The molecule has 2 heterocycles. The number of hydrogen-bond donors (Lipinski definition) is 1. The average molecular weight is 331 g/mol. The summed E-state index contributed by atoms with van der Waals surface area (Å²) >= 11 is 1.51. The second-order valence-corrected chi connectivity index (χ2v) is 5.53. The van der Waals surface area contributed by atoms with Gasteiger partial charge in [0.15, 0.2) is 0 Å². The van der Waals surface area contributed by atoms with E-state index >= 15 is 0 Å². The van der Waals surface area contributed by atoms with Gasteiger partial charge in [-0.2, -0.15) is 0 Å². The van der Waals surface area contributed by atoms with Crippen molar-refractivity contribution >= 4 is 17.3 Å². The molecule has 6 nitrogen and oxygen atoms in total. The predicted molar refractivity (Wildman–Crippen MR) is 83.6 cm³/mol. The van der Waals surface area contributed by atoms with Crippen LogP contribution in [0.15, 0.2) is 46.4 Å². The maximum absolute atomic E-state index is 12.0. The van der Waals surface area contributed by atoms with E-state index in [0.29, 0.717) is 17.3 Å². The molecule has 3 rings (SSSR count). The number of rotatable bonds is 5. The summed E-state index contributed by atoms with van der Waals surface area (Å²) in [7, 11) is 1.48. The van der Waals surface area contributed by atoms with Crippen LogP contribution in [0.2, 0.25) is 0 Å². The zero-order valence-corrected chi connectivity index (χ0v) is 13.0. The van der Waals surface area contributed by atoms with E-state index < -0.39 is 5.97 Å². The summed E-state index contributed by atoms with van der Waals surface area (Å²) in [5.74, 6) is 0.101. The van der Waals surface area contributed by atoms with Gasteiger partial charge in [-0.25, -0.2) is 9.78 Å². The molecule has 0 unspecified atom stereocenters. The summed E-state index contributed by atoms with van der Waals surface area (Å²) in [6.07, 6.45) is 1.44. The zero-order chi connectivity index (χ0) is 16.2. The van der Waals surface area contributed by atoms with Crippen LogP contribution in [-0.2, 0) is 11.3 Å². The second-order valence-electron chi connectivity index (χ2n) is 4.58. The molecule has 0 atom stereocenters. The molecule has 2 aromatic heterocycles. The fourth-order valence-electron chi connectivity index (χ4n) is 1.91. The number of carbonyl (C=O) groups is 1. The largest absolute Gasteiger partial charge is 0.507 e. The van der Waals surface area contributed by atoms with Crippen molar-refractivity contribution in [2.75, 3.05) is 7.11 Å². The van der Waals surface area contributed by atoms with Gasteiger partial charge >= 0.3 is 5.97 Å². The molecule has 118 valence electrons. The van der Waals surface area contributed by atoms with Gasteiger partial charge in [0.05, 0.1) is 12.0 Å². The van der Waals surface area contributed by atoms with Gasteiger partial charge in [0.25, 0.3) is 0 Å². The molecule has 0 aliphatic carbocycles. The Kier molecular flexibility index (Phi) is 4.29. The molecule has 0 aliphatic heterocycles. The van der Waals surface area contributed by atoms with Crippen LogP contribution in [-0.4, -0.2) is 23.2 Å². The van der Waals surface area contributed by atoms with E-state index in [1.54, 1.807) is 6.07 Å². The first-order chi connectivity index (χ1) is 11.2. The molecular weight excluding hydrogens is 318 g/mol. The third-order valence-electron chi connectivity index (χ3n) is 3.06. The molecule has 1 N–H and O–H groups in total. The Balaban J connectivity index is 1.67. The molecule has 0 fully saturated rings. The number of oxazole rings is 1. The molecule has 0 radical (unpaired) electrons. The van der Waals surface area contributed by atoms with Crippen molar-refractivity contribution in [1.82, 2.24) is 4.98 Å². The van der Waals surface area contributed by atoms with Gasteiger partial charge in [-0.3, -0.25) is 0 Å². The molecule has 0 saturated carbocycles. The lowest BCUT2D eigenvalue weighted by atomic mass is 10.2. The molecule has 7 heteroatoms. The highest BCUT2D eigenvalue weighted by molar-refractivity contribution is 7.13. The summed E-state index contributed by atoms with van der Waals surface area (Å²) in [6, 6.07) is 8.13. The van der Waals surface area contributed by atoms with Gasteiger partial charge in [-0.15, -0.1) is 11.3 Å². The first-order valence-electron chi connectivity index (χ1n) is 6.70. The Morgan fingerprint density at radius 3 is 3.00 bits per heavy atom. The smallest absolute Gasteiger partial charge is 0.342 e. The molecule has 0 spiro atoms. The standard InChI is InChI=1S/C16H13NO5S/c1-20-11-4-5-13(18)12(7-11)16(19)22-9-10-8-21-15(17-10)14-3-2-6-23-14/h2-8,18H,9H2,1H3. The maximum Gasteiger partial charge on any atom is 0.342 e. The van der Waals surface area contributed by atoms with E-state index in [2.05, 4.69) is 4.98 Å². The van der Waals surface area contributed by atoms with E-state index in [4.69, 9.17) is 13.9 Å². The van der Waals surface area contributed by atoms with Crippen molar-refractivity contribution in [1.29, 1.82) is 0 Å². The number of thiophene rings is 1. The predicted octanol–water partition coefficient (Wildman–Crippen LogP) is 3.47. The highest BCUT2D eigenvalue weighted by Crippen LogP contribution is 2.25. The van der Waals surface area contributed by atoms with E-state index in [0.717, 1.165) is 4.88 Å². The molecule has 3 aromatic rings. The topological polar surface area (TPSA) is 81.8 Å². The van der Waals surface area contributed by atoms with Crippen molar-refractivity contribution in [3.63, 3.8) is 0 Å². The van der Waals surface area contributed by atoms with Gasteiger partial charge in [-0.05, 0) is 29.6 Å². The number of carbonyl (C=O) groups excluding carboxylic acids is 1. The summed E-state index contributed by atoms with van der Waals surface area (Å²) in [5.41, 5.74) is 0.524. The van der Waals surface area contributed by atoms with Crippen LogP contribution in [0.5, 0.6) is 11.5 Å². The van der Waals surface area contributed by atoms with Crippen molar-refractivity contribution in [2.45, 2.75) is 6.61 Å². The number of aromatic nitrogens is 1. The van der Waals surface area contributed by atoms with Crippen LogP contribution in [0.3, 0.4) is 0 Å². The maximum atomic E-state index is 12.0. The monoisotopic (exact) mass is 331 g/mol. The van der Waals surface area contributed by atoms with Crippen LogP contribution in [0.4, 0.5) is 0 Å². The van der Waals surface area contributed by atoms with Crippen LogP contribution in [0.25, 0.3) is 10.8 Å². The first kappa shape index (κ1) is 15.1. The summed E-state index contributed by atoms with van der Waals surface area (Å²) in [6.45, 7) is -0.0512. The molecule has 0 bridgehead atoms. The highest BCUT2D eigenvalue weighted by atomic mass is 32.1. The Bertz CT molecular complexity index is 810. The minimum atomic E-state index is -0.665. The number of benzene rings is 1. The van der Waals surface area contributed by atoms with E-state index in [9.17, 15) is 9.90 Å². The summed E-state index contributed by atoms with van der Waals surface area (Å²) in [5, 5.41) is 11.7. The Morgan fingerprint density at radius 2 is 2.26 bits per heavy atom. The molecule has 0 saturated heterocycles. The molecule has 23 heavy (non-hydrogen) atoms. The van der Waals surface area contributed by atoms with Gasteiger partial charge in [-0.1, -0.05) is 6.07 Å². The summed E-state index contributed by atoms with van der Waals surface area (Å²) in [4.78, 5) is 17.2. The van der Waals surface area contributed by atoms with Gasteiger partial charge in [0.2, 0.25) is 5.89 Å². The summed E-state index contributed by atoms with van der Waals surface area (Å²) < 4.78 is 15.5. The van der Waals surface area contributed by atoms with Crippen molar-refractivity contribution in [3.8, 4) is 22.3 Å². The third-order valence-corrected chi connectivity index (χ3v) is 3.92. The minimum absolute atomic E-state index is 0.0336. The van der Waals surface area contributed by atoms with Gasteiger partial charge in [0, 0.05) is 0 Å². The number of esters is 1. The number of phenols is 1. The number of methoxy groups -OCH3 is 1. The first-order valence-corrected chi connectivity index (χ1v) is 7.58. The van der Waals surface area contributed by atoms with Crippen LogP contribution in [0, 0.1) is 0 Å². The lowest BCUT2D eigenvalue weighted by Gasteiger charge is -2.06.